The number of rotatable bonds is 7. The topological polar surface area (TPSA) is 76.6 Å². The highest BCUT2D eigenvalue weighted by atomic mass is 35.5. The van der Waals surface area contributed by atoms with Crippen molar-refractivity contribution in [3.63, 3.8) is 0 Å². The van der Waals surface area contributed by atoms with Crippen molar-refractivity contribution >= 4 is 51.5 Å². The van der Waals surface area contributed by atoms with Gasteiger partial charge in [-0.25, -0.2) is 14.4 Å². The number of halogens is 5. The Balaban J connectivity index is 1.47. The number of fused-ring (bicyclic) bond motifs is 3. The van der Waals surface area contributed by atoms with Crippen LogP contribution in [0.15, 0.2) is 43.2 Å². The van der Waals surface area contributed by atoms with E-state index in [9.17, 15) is 18.0 Å². The van der Waals surface area contributed by atoms with Gasteiger partial charge < -0.3 is 19.7 Å². The Morgan fingerprint density at radius 1 is 1.17 bits per heavy atom. The summed E-state index contributed by atoms with van der Waals surface area (Å²) in [7, 11) is 0. The van der Waals surface area contributed by atoms with Crippen LogP contribution in [0.1, 0.15) is 19.3 Å². The van der Waals surface area contributed by atoms with Gasteiger partial charge in [0.25, 0.3) is 0 Å². The minimum absolute atomic E-state index is 0.00244. The zero-order chi connectivity index (χ0) is 25.6. The second-order valence-electron chi connectivity index (χ2n) is 8.47. The number of aromatic nitrogens is 2. The molecule has 7 nitrogen and oxygen atoms in total. The quantitative estimate of drug-likeness (QED) is 0.288. The summed E-state index contributed by atoms with van der Waals surface area (Å²) in [5.74, 6) is -0.848. The third-order valence-electron chi connectivity index (χ3n) is 6.33. The summed E-state index contributed by atoms with van der Waals surface area (Å²) in [6.07, 6.45) is 4.08. The summed E-state index contributed by atoms with van der Waals surface area (Å²) in [5.41, 5.74) is 0.282. The van der Waals surface area contributed by atoms with Crippen molar-refractivity contribution in [1.82, 2.24) is 14.9 Å². The molecule has 3 aliphatic rings. The number of benzene rings is 2. The Morgan fingerprint density at radius 3 is 2.61 bits per heavy atom. The van der Waals surface area contributed by atoms with E-state index in [-0.39, 0.29) is 62.7 Å². The molecule has 12 heteroatoms. The van der Waals surface area contributed by atoms with E-state index < -0.39 is 12.4 Å². The average Bonchev–Trinajstić information content (AvgIpc) is 2.84. The first-order valence-electron chi connectivity index (χ1n) is 11.0. The van der Waals surface area contributed by atoms with Gasteiger partial charge in [0.2, 0.25) is 5.91 Å². The van der Waals surface area contributed by atoms with Gasteiger partial charge in [0.1, 0.15) is 18.2 Å². The van der Waals surface area contributed by atoms with E-state index in [1.165, 1.54) is 36.7 Å². The molecule has 2 aliphatic heterocycles. The number of piperidine rings is 1. The van der Waals surface area contributed by atoms with Crippen LogP contribution in [0.5, 0.6) is 11.5 Å². The molecule has 1 aromatic heterocycles. The summed E-state index contributed by atoms with van der Waals surface area (Å²) >= 11 is 11.8. The zero-order valence-electron chi connectivity index (χ0n) is 18.6. The van der Waals surface area contributed by atoms with Crippen molar-refractivity contribution in [2.24, 2.45) is 0 Å². The Kier molecular flexibility index (Phi) is 6.57. The monoisotopic (exact) mass is 538 g/mol. The number of amides is 1. The first kappa shape index (κ1) is 24.5. The maximum Gasteiger partial charge on any atom is 0.387 e. The van der Waals surface area contributed by atoms with Crippen LogP contribution in [0.2, 0.25) is 10.0 Å². The molecule has 3 atom stereocenters. The van der Waals surface area contributed by atoms with Crippen LogP contribution in [-0.2, 0) is 4.79 Å². The second-order valence-corrected chi connectivity index (χ2v) is 9.25. The number of ether oxygens (including phenoxy) is 2. The van der Waals surface area contributed by atoms with Gasteiger partial charge >= 0.3 is 6.61 Å². The van der Waals surface area contributed by atoms with Crippen LogP contribution < -0.4 is 14.8 Å². The normalized spacial score (nSPS) is 20.7. The van der Waals surface area contributed by atoms with Crippen molar-refractivity contribution in [3.05, 3.63) is 59.1 Å². The van der Waals surface area contributed by atoms with E-state index in [0.717, 1.165) is 6.42 Å². The highest BCUT2D eigenvalue weighted by Crippen LogP contribution is 2.43. The molecular weight excluding hydrogens is 520 g/mol. The van der Waals surface area contributed by atoms with E-state index in [1.54, 1.807) is 4.90 Å². The average molecular weight is 539 g/mol. The van der Waals surface area contributed by atoms with Crippen LogP contribution in [-0.4, -0.2) is 45.6 Å². The number of anilines is 2. The van der Waals surface area contributed by atoms with Crippen molar-refractivity contribution < 1.29 is 27.4 Å². The molecule has 1 saturated carbocycles. The lowest BCUT2D eigenvalue weighted by molar-refractivity contribution is -0.148. The van der Waals surface area contributed by atoms with Gasteiger partial charge in [-0.1, -0.05) is 29.8 Å². The van der Waals surface area contributed by atoms with Gasteiger partial charge in [-0.05, 0) is 30.7 Å². The molecule has 3 heterocycles. The predicted octanol–water partition coefficient (Wildman–Crippen LogP) is 6.12. The summed E-state index contributed by atoms with van der Waals surface area (Å²) in [4.78, 5) is 22.1. The van der Waals surface area contributed by atoms with Gasteiger partial charge in [-0.3, -0.25) is 4.79 Å². The molecule has 0 radical (unpaired) electrons. The molecule has 1 amide bonds. The molecule has 1 unspecified atom stereocenters. The van der Waals surface area contributed by atoms with E-state index in [2.05, 4.69) is 21.9 Å². The number of hydrogen-bond acceptors (Lipinski definition) is 6. The maximum absolute atomic E-state index is 14.6. The summed E-state index contributed by atoms with van der Waals surface area (Å²) in [6, 6.07) is 5.60. The molecule has 0 spiro atoms. The number of hydrogen-bond donors (Lipinski definition) is 1. The standard InChI is InChI=1S/C24H19Cl2F3N4O3/c1-2-20(34)33-11-5-12(33)7-13(6-11)35-18-8-14-17(9-19(18)36-24(28)29)30-10-31-23(14)32-16-4-3-15(25)21(26)22(16)27/h2-4,8-13,24H,1,5-7H2,(H,30,31,32)/t11-,12+,13?. The number of nitrogens with one attached hydrogen (secondary N) is 1. The van der Waals surface area contributed by atoms with Crippen molar-refractivity contribution in [3.8, 4) is 11.5 Å². The molecule has 2 aromatic carbocycles. The third kappa shape index (κ3) is 4.51. The minimum atomic E-state index is -3.09. The Morgan fingerprint density at radius 2 is 1.92 bits per heavy atom. The van der Waals surface area contributed by atoms with Crippen LogP contribution in [0, 0.1) is 5.82 Å². The molecule has 1 N–H and O–H groups in total. The highest BCUT2D eigenvalue weighted by molar-refractivity contribution is 6.42. The summed E-state index contributed by atoms with van der Waals surface area (Å²) in [6.45, 7) is 0.445. The van der Waals surface area contributed by atoms with E-state index in [4.69, 9.17) is 32.7 Å². The van der Waals surface area contributed by atoms with E-state index in [0.29, 0.717) is 18.2 Å². The predicted molar refractivity (Wildman–Crippen MR) is 129 cm³/mol. The largest absolute Gasteiger partial charge is 0.486 e. The molecule has 3 fully saturated rings. The van der Waals surface area contributed by atoms with Gasteiger partial charge in [0.15, 0.2) is 17.3 Å². The number of alkyl halides is 2. The van der Waals surface area contributed by atoms with Gasteiger partial charge in [0.05, 0.1) is 21.2 Å². The van der Waals surface area contributed by atoms with Crippen LogP contribution >= 0.6 is 23.2 Å². The Hall–Kier alpha value is -3.24. The molecular formula is C24H19Cl2F3N4O3. The lowest BCUT2D eigenvalue weighted by Gasteiger charge is -2.54. The van der Waals surface area contributed by atoms with Gasteiger partial charge in [0, 0.05) is 36.4 Å². The summed E-state index contributed by atoms with van der Waals surface area (Å²) < 4.78 is 51.8. The summed E-state index contributed by atoms with van der Waals surface area (Å²) in [5, 5.41) is 3.02. The lowest BCUT2D eigenvalue weighted by Crippen LogP contribution is -2.64. The minimum Gasteiger partial charge on any atom is -0.486 e. The first-order chi connectivity index (χ1) is 17.2. The molecule has 1 aliphatic carbocycles. The van der Waals surface area contributed by atoms with Gasteiger partial charge in [-0.2, -0.15) is 8.78 Å². The van der Waals surface area contributed by atoms with Crippen LogP contribution in [0.3, 0.4) is 0 Å². The number of nitrogens with zero attached hydrogens (tertiary/aromatic N) is 3. The van der Waals surface area contributed by atoms with Crippen molar-refractivity contribution in [1.29, 1.82) is 0 Å². The molecule has 6 rings (SSSR count). The van der Waals surface area contributed by atoms with E-state index >= 15 is 0 Å². The fraction of sp³-hybridized carbons (Fsp3) is 0.292. The molecule has 2 saturated heterocycles. The maximum atomic E-state index is 14.6. The highest BCUT2D eigenvalue weighted by Gasteiger charge is 2.48. The Bertz CT molecular complexity index is 1350. The number of carbonyl (C=O) groups is 1. The SMILES string of the molecule is C=CC(=O)N1[C@@H]2CC(Oc3cc4c(Nc5ccc(Cl)c(Cl)c5F)ncnc4cc3OC(F)F)C[C@H]1C2. The van der Waals surface area contributed by atoms with E-state index in [1.807, 2.05) is 0 Å². The van der Waals surface area contributed by atoms with Crippen LogP contribution in [0.4, 0.5) is 24.7 Å². The molecule has 2 bridgehead atoms. The van der Waals surface area contributed by atoms with Gasteiger partial charge in [-0.15, -0.1) is 0 Å². The van der Waals surface area contributed by atoms with Crippen molar-refractivity contribution in [2.75, 3.05) is 5.32 Å². The number of carbonyl (C=O) groups excluding carboxylic acids is 1. The third-order valence-corrected chi connectivity index (χ3v) is 7.11. The van der Waals surface area contributed by atoms with Crippen LogP contribution in [0.25, 0.3) is 10.9 Å². The molecule has 36 heavy (non-hydrogen) atoms. The fourth-order valence-electron chi connectivity index (χ4n) is 4.76. The lowest BCUT2D eigenvalue weighted by atomic mass is 9.78. The second kappa shape index (κ2) is 9.67. The van der Waals surface area contributed by atoms with Crippen molar-refractivity contribution in [2.45, 2.75) is 44.1 Å². The zero-order valence-corrected chi connectivity index (χ0v) is 20.1. The first-order valence-corrected chi connectivity index (χ1v) is 11.8. The fourth-order valence-corrected chi connectivity index (χ4v) is 5.07. The molecule has 188 valence electrons. The Labute approximate surface area is 213 Å². The smallest absolute Gasteiger partial charge is 0.387 e. The molecule has 3 aromatic rings.